The number of hydrogen-bond acceptors (Lipinski definition) is 4. The lowest BCUT2D eigenvalue weighted by molar-refractivity contribution is -0.139. The second-order valence-electron chi connectivity index (χ2n) is 7.52. The number of ether oxygens (including phenoxy) is 1. The van der Waals surface area contributed by atoms with Crippen molar-refractivity contribution < 1.29 is 27.5 Å². The van der Waals surface area contributed by atoms with Crippen molar-refractivity contribution in [3.05, 3.63) is 70.8 Å². The molecule has 0 unspecified atom stereocenters. The van der Waals surface area contributed by atoms with Crippen molar-refractivity contribution >= 4 is 11.9 Å². The standard InChI is InChI=1S/C23H25F3N2O3/c1-31-22(30)17-8-6-16(7-9-17)14-27-13-12-19-10-11-21(29)28(19)15-18-4-2-3-5-20(18)23(24,25)26/h2-9,19,27H,10-15H2,1H3/t19-/m0/s1. The first-order valence-corrected chi connectivity index (χ1v) is 10.1. The third-order valence-corrected chi connectivity index (χ3v) is 5.47. The van der Waals surface area contributed by atoms with Crippen LogP contribution in [0.5, 0.6) is 0 Å². The average molecular weight is 434 g/mol. The second kappa shape index (κ2) is 9.96. The summed E-state index contributed by atoms with van der Waals surface area (Å²) >= 11 is 0. The maximum absolute atomic E-state index is 13.3. The van der Waals surface area contributed by atoms with Crippen molar-refractivity contribution in [1.82, 2.24) is 10.2 Å². The highest BCUT2D eigenvalue weighted by Crippen LogP contribution is 2.34. The summed E-state index contributed by atoms with van der Waals surface area (Å²) in [5.74, 6) is -0.502. The van der Waals surface area contributed by atoms with Gasteiger partial charge in [0.1, 0.15) is 0 Å². The summed E-state index contributed by atoms with van der Waals surface area (Å²) in [5.41, 5.74) is 0.896. The topological polar surface area (TPSA) is 58.6 Å². The fraction of sp³-hybridized carbons (Fsp3) is 0.391. The van der Waals surface area contributed by atoms with Crippen LogP contribution in [0.15, 0.2) is 48.5 Å². The van der Waals surface area contributed by atoms with E-state index in [-0.39, 0.29) is 24.1 Å². The summed E-state index contributed by atoms with van der Waals surface area (Å²) in [7, 11) is 1.33. The molecule has 1 atom stereocenters. The van der Waals surface area contributed by atoms with E-state index in [0.29, 0.717) is 37.9 Å². The van der Waals surface area contributed by atoms with Crippen LogP contribution in [0.3, 0.4) is 0 Å². The molecular weight excluding hydrogens is 409 g/mol. The molecule has 1 amide bonds. The van der Waals surface area contributed by atoms with Gasteiger partial charge in [0.25, 0.3) is 0 Å². The Hall–Kier alpha value is -2.87. The van der Waals surface area contributed by atoms with Gasteiger partial charge in [-0.25, -0.2) is 4.79 Å². The van der Waals surface area contributed by atoms with Gasteiger partial charge >= 0.3 is 12.1 Å². The number of hydrogen-bond donors (Lipinski definition) is 1. The molecule has 8 heteroatoms. The summed E-state index contributed by atoms with van der Waals surface area (Å²) in [6.07, 6.45) is -2.80. The monoisotopic (exact) mass is 434 g/mol. The van der Waals surface area contributed by atoms with E-state index < -0.39 is 17.7 Å². The van der Waals surface area contributed by atoms with Crippen molar-refractivity contribution in [3.8, 4) is 0 Å². The number of nitrogens with zero attached hydrogens (tertiary/aromatic N) is 1. The number of alkyl halides is 3. The first kappa shape index (κ1) is 22.8. The van der Waals surface area contributed by atoms with Crippen LogP contribution in [0.1, 0.15) is 46.3 Å². The molecule has 166 valence electrons. The number of esters is 1. The van der Waals surface area contributed by atoms with Crippen molar-refractivity contribution in [1.29, 1.82) is 0 Å². The molecule has 1 N–H and O–H groups in total. The van der Waals surface area contributed by atoms with Gasteiger partial charge < -0.3 is 15.0 Å². The van der Waals surface area contributed by atoms with E-state index in [1.165, 1.54) is 19.2 Å². The Morgan fingerprint density at radius 2 is 1.87 bits per heavy atom. The normalized spacial score (nSPS) is 16.6. The lowest BCUT2D eigenvalue weighted by Crippen LogP contribution is -2.35. The Bertz CT molecular complexity index is 913. The Balaban J connectivity index is 1.54. The van der Waals surface area contributed by atoms with Crippen LogP contribution in [0.25, 0.3) is 0 Å². The number of rotatable bonds is 8. The van der Waals surface area contributed by atoms with Crippen LogP contribution in [-0.2, 0) is 28.8 Å². The molecule has 2 aromatic rings. The molecule has 5 nitrogen and oxygen atoms in total. The first-order chi connectivity index (χ1) is 14.8. The van der Waals surface area contributed by atoms with Crippen molar-refractivity contribution in [2.75, 3.05) is 13.7 Å². The molecule has 0 radical (unpaired) electrons. The second-order valence-corrected chi connectivity index (χ2v) is 7.52. The number of methoxy groups -OCH3 is 1. The quantitative estimate of drug-likeness (QED) is 0.501. The van der Waals surface area contributed by atoms with Crippen molar-refractivity contribution in [3.63, 3.8) is 0 Å². The van der Waals surface area contributed by atoms with E-state index in [1.54, 1.807) is 23.1 Å². The molecule has 1 aliphatic rings. The highest BCUT2D eigenvalue weighted by atomic mass is 19.4. The minimum Gasteiger partial charge on any atom is -0.465 e. The summed E-state index contributed by atoms with van der Waals surface area (Å²) < 4.78 is 44.5. The number of carbonyl (C=O) groups excluding carboxylic acids is 2. The van der Waals surface area contributed by atoms with Crippen LogP contribution in [0, 0.1) is 0 Å². The van der Waals surface area contributed by atoms with E-state index in [9.17, 15) is 22.8 Å². The fourth-order valence-electron chi connectivity index (χ4n) is 3.81. The predicted molar refractivity (Wildman–Crippen MR) is 109 cm³/mol. The van der Waals surface area contributed by atoms with Gasteiger partial charge in [0.05, 0.1) is 18.2 Å². The third-order valence-electron chi connectivity index (χ3n) is 5.47. The molecule has 1 heterocycles. The van der Waals surface area contributed by atoms with Gasteiger partial charge in [0.2, 0.25) is 5.91 Å². The third kappa shape index (κ3) is 5.85. The van der Waals surface area contributed by atoms with Gasteiger partial charge in [0.15, 0.2) is 0 Å². The van der Waals surface area contributed by atoms with Gasteiger partial charge in [0, 0.05) is 25.6 Å². The Morgan fingerprint density at radius 1 is 1.16 bits per heavy atom. The summed E-state index contributed by atoms with van der Waals surface area (Å²) in [6, 6.07) is 12.4. The molecular formula is C23H25F3N2O3. The molecule has 0 aliphatic carbocycles. The van der Waals surface area contributed by atoms with Gasteiger partial charge in [-0.1, -0.05) is 30.3 Å². The number of benzene rings is 2. The first-order valence-electron chi connectivity index (χ1n) is 10.1. The SMILES string of the molecule is COC(=O)c1ccc(CNCC[C@@H]2CCC(=O)N2Cc2ccccc2C(F)(F)F)cc1. The van der Waals surface area contributed by atoms with E-state index in [0.717, 1.165) is 11.6 Å². The van der Waals surface area contributed by atoms with Gasteiger partial charge in [-0.05, 0) is 48.7 Å². The van der Waals surface area contributed by atoms with E-state index >= 15 is 0 Å². The van der Waals surface area contributed by atoms with Gasteiger partial charge in [-0.2, -0.15) is 13.2 Å². The lowest BCUT2D eigenvalue weighted by Gasteiger charge is -2.26. The Morgan fingerprint density at radius 3 is 2.55 bits per heavy atom. The molecule has 3 rings (SSSR count). The van der Waals surface area contributed by atoms with Crippen LogP contribution in [0.4, 0.5) is 13.2 Å². The number of likely N-dealkylation sites (tertiary alicyclic amines) is 1. The van der Waals surface area contributed by atoms with E-state index in [1.807, 2.05) is 12.1 Å². The molecule has 1 saturated heterocycles. The van der Waals surface area contributed by atoms with Crippen LogP contribution in [-0.4, -0.2) is 36.5 Å². The smallest absolute Gasteiger partial charge is 0.416 e. The number of carbonyl (C=O) groups is 2. The number of halogens is 3. The maximum atomic E-state index is 13.3. The molecule has 31 heavy (non-hydrogen) atoms. The van der Waals surface area contributed by atoms with Crippen LogP contribution < -0.4 is 5.32 Å². The predicted octanol–water partition coefficient (Wildman–Crippen LogP) is 4.16. The van der Waals surface area contributed by atoms with Gasteiger partial charge in [-0.15, -0.1) is 0 Å². The molecule has 2 aromatic carbocycles. The summed E-state index contributed by atoms with van der Waals surface area (Å²) in [6.45, 7) is 1.17. The summed E-state index contributed by atoms with van der Waals surface area (Å²) in [4.78, 5) is 25.3. The zero-order chi connectivity index (χ0) is 22.4. The van der Waals surface area contributed by atoms with Crippen LogP contribution >= 0.6 is 0 Å². The van der Waals surface area contributed by atoms with E-state index in [4.69, 9.17) is 0 Å². The molecule has 0 spiro atoms. The molecule has 1 aliphatic heterocycles. The largest absolute Gasteiger partial charge is 0.465 e. The zero-order valence-corrected chi connectivity index (χ0v) is 17.2. The number of amides is 1. The zero-order valence-electron chi connectivity index (χ0n) is 17.2. The van der Waals surface area contributed by atoms with Gasteiger partial charge in [-0.3, -0.25) is 4.79 Å². The Kier molecular flexibility index (Phi) is 7.33. The average Bonchev–Trinajstić information content (AvgIpc) is 3.10. The highest BCUT2D eigenvalue weighted by Gasteiger charge is 2.36. The van der Waals surface area contributed by atoms with Crippen molar-refractivity contribution in [2.24, 2.45) is 0 Å². The highest BCUT2D eigenvalue weighted by molar-refractivity contribution is 5.89. The number of nitrogens with one attached hydrogen (secondary N) is 1. The molecule has 1 fully saturated rings. The van der Waals surface area contributed by atoms with Crippen LogP contribution in [0.2, 0.25) is 0 Å². The molecule has 0 bridgehead atoms. The minimum atomic E-state index is -4.44. The summed E-state index contributed by atoms with van der Waals surface area (Å²) in [5, 5.41) is 3.29. The molecule has 0 saturated carbocycles. The molecule has 0 aromatic heterocycles. The van der Waals surface area contributed by atoms with E-state index in [2.05, 4.69) is 10.1 Å². The Labute approximate surface area is 179 Å². The fourth-order valence-corrected chi connectivity index (χ4v) is 3.81. The maximum Gasteiger partial charge on any atom is 0.416 e. The lowest BCUT2D eigenvalue weighted by atomic mass is 10.1. The van der Waals surface area contributed by atoms with Crippen molar-refractivity contribution in [2.45, 2.75) is 44.6 Å². The minimum absolute atomic E-state index is 0.0336.